The molecule has 0 saturated carbocycles. The average molecular weight is 237 g/mol. The molecule has 0 aromatic carbocycles. The predicted octanol–water partition coefficient (Wildman–Crippen LogP) is 1.56. The second-order valence-electron chi connectivity index (χ2n) is 4.80. The van der Waals surface area contributed by atoms with Crippen molar-refractivity contribution in [1.82, 2.24) is 14.9 Å². The molecule has 0 amide bonds. The van der Waals surface area contributed by atoms with E-state index in [1.54, 1.807) is 7.11 Å². The molecule has 1 aromatic rings. The number of fused-ring (bicyclic) bond motifs is 1. The van der Waals surface area contributed by atoms with Crippen molar-refractivity contribution in [2.75, 3.05) is 26.8 Å². The quantitative estimate of drug-likeness (QED) is 0.763. The molecule has 0 fully saturated rings. The van der Waals surface area contributed by atoms with E-state index in [1.165, 1.54) is 30.7 Å². The van der Waals surface area contributed by atoms with Crippen LogP contribution in [0.3, 0.4) is 0 Å². The number of imidazole rings is 1. The topological polar surface area (TPSA) is 39.1 Å². The molecule has 1 heterocycles. The van der Waals surface area contributed by atoms with Crippen molar-refractivity contribution in [1.29, 1.82) is 0 Å². The summed E-state index contributed by atoms with van der Waals surface area (Å²) in [7, 11) is 1.73. The Balaban J connectivity index is 1.90. The SMILES string of the molecule is COCCNCC(C)n1cnc2c1CCCC2. The van der Waals surface area contributed by atoms with Gasteiger partial charge in [0.1, 0.15) is 0 Å². The molecular weight excluding hydrogens is 214 g/mol. The molecule has 1 atom stereocenters. The minimum absolute atomic E-state index is 0.473. The summed E-state index contributed by atoms with van der Waals surface area (Å²) < 4.78 is 7.36. The number of methoxy groups -OCH3 is 1. The normalized spacial score (nSPS) is 16.8. The number of ether oxygens (including phenoxy) is 1. The zero-order valence-electron chi connectivity index (χ0n) is 10.9. The van der Waals surface area contributed by atoms with Crippen LogP contribution in [-0.2, 0) is 17.6 Å². The van der Waals surface area contributed by atoms with Crippen LogP contribution >= 0.6 is 0 Å². The molecule has 0 radical (unpaired) electrons. The molecule has 2 rings (SSSR count). The Morgan fingerprint density at radius 2 is 2.29 bits per heavy atom. The van der Waals surface area contributed by atoms with Crippen LogP contribution in [0.5, 0.6) is 0 Å². The highest BCUT2D eigenvalue weighted by Crippen LogP contribution is 2.22. The van der Waals surface area contributed by atoms with Crippen molar-refractivity contribution in [3.8, 4) is 0 Å². The van der Waals surface area contributed by atoms with Crippen LogP contribution in [0.25, 0.3) is 0 Å². The van der Waals surface area contributed by atoms with Gasteiger partial charge in [-0.1, -0.05) is 0 Å². The Morgan fingerprint density at radius 1 is 1.47 bits per heavy atom. The third kappa shape index (κ3) is 3.07. The van der Waals surface area contributed by atoms with E-state index in [4.69, 9.17) is 4.74 Å². The summed E-state index contributed by atoms with van der Waals surface area (Å²) in [5.41, 5.74) is 2.78. The standard InChI is InChI=1S/C13H23N3O/c1-11(9-14-7-8-17-2)16-10-15-12-5-3-4-6-13(12)16/h10-11,14H,3-9H2,1-2H3. The lowest BCUT2D eigenvalue weighted by Gasteiger charge is -2.20. The molecule has 4 heteroatoms. The summed E-state index contributed by atoms with van der Waals surface area (Å²) in [5, 5.41) is 3.41. The van der Waals surface area contributed by atoms with E-state index in [-0.39, 0.29) is 0 Å². The maximum atomic E-state index is 5.02. The van der Waals surface area contributed by atoms with E-state index in [1.807, 2.05) is 6.33 Å². The summed E-state index contributed by atoms with van der Waals surface area (Å²) in [6, 6.07) is 0.473. The summed E-state index contributed by atoms with van der Waals surface area (Å²) >= 11 is 0. The van der Waals surface area contributed by atoms with Crippen LogP contribution in [0.1, 0.15) is 37.2 Å². The largest absolute Gasteiger partial charge is 0.383 e. The molecule has 0 aliphatic heterocycles. The number of aromatic nitrogens is 2. The summed E-state index contributed by atoms with van der Waals surface area (Å²) in [4.78, 5) is 4.53. The molecule has 1 aliphatic carbocycles. The number of hydrogen-bond donors (Lipinski definition) is 1. The van der Waals surface area contributed by atoms with Gasteiger partial charge in [-0.3, -0.25) is 0 Å². The van der Waals surface area contributed by atoms with Gasteiger partial charge in [0.05, 0.1) is 18.6 Å². The molecule has 0 saturated heterocycles. The van der Waals surface area contributed by atoms with Gasteiger partial charge in [-0.05, 0) is 32.6 Å². The molecular formula is C13H23N3O. The fraction of sp³-hybridized carbons (Fsp3) is 0.769. The zero-order chi connectivity index (χ0) is 12.1. The van der Waals surface area contributed by atoms with Crippen molar-refractivity contribution in [2.24, 2.45) is 0 Å². The number of hydrogen-bond acceptors (Lipinski definition) is 3. The van der Waals surface area contributed by atoms with Crippen molar-refractivity contribution < 1.29 is 4.74 Å². The maximum Gasteiger partial charge on any atom is 0.0954 e. The lowest BCUT2D eigenvalue weighted by molar-refractivity contribution is 0.198. The lowest BCUT2D eigenvalue weighted by Crippen LogP contribution is -2.27. The lowest BCUT2D eigenvalue weighted by atomic mass is 10.0. The minimum Gasteiger partial charge on any atom is -0.383 e. The van der Waals surface area contributed by atoms with Crippen LogP contribution in [0.2, 0.25) is 0 Å². The highest BCUT2D eigenvalue weighted by atomic mass is 16.5. The van der Waals surface area contributed by atoms with Crippen molar-refractivity contribution in [2.45, 2.75) is 38.6 Å². The third-order valence-corrected chi connectivity index (χ3v) is 3.46. The van der Waals surface area contributed by atoms with Crippen molar-refractivity contribution >= 4 is 0 Å². The van der Waals surface area contributed by atoms with E-state index >= 15 is 0 Å². The van der Waals surface area contributed by atoms with Crippen molar-refractivity contribution in [3.05, 3.63) is 17.7 Å². The highest BCUT2D eigenvalue weighted by Gasteiger charge is 2.17. The molecule has 1 unspecified atom stereocenters. The first-order chi connectivity index (χ1) is 8.33. The first-order valence-corrected chi connectivity index (χ1v) is 6.57. The fourth-order valence-electron chi connectivity index (χ4n) is 2.46. The van der Waals surface area contributed by atoms with Gasteiger partial charge in [0.2, 0.25) is 0 Å². The van der Waals surface area contributed by atoms with Crippen LogP contribution in [0.4, 0.5) is 0 Å². The van der Waals surface area contributed by atoms with Crippen LogP contribution in [0.15, 0.2) is 6.33 Å². The fourth-order valence-corrected chi connectivity index (χ4v) is 2.46. The van der Waals surface area contributed by atoms with Crippen LogP contribution < -0.4 is 5.32 Å². The summed E-state index contributed by atoms with van der Waals surface area (Å²) in [6.45, 7) is 4.91. The van der Waals surface area contributed by atoms with Gasteiger partial charge in [0.15, 0.2) is 0 Å². The zero-order valence-corrected chi connectivity index (χ0v) is 10.9. The van der Waals surface area contributed by atoms with Crippen LogP contribution in [0, 0.1) is 0 Å². The Labute approximate surface area is 103 Å². The second-order valence-corrected chi connectivity index (χ2v) is 4.80. The van der Waals surface area contributed by atoms with Crippen molar-refractivity contribution in [3.63, 3.8) is 0 Å². The summed E-state index contributed by atoms with van der Waals surface area (Å²) in [6.07, 6.45) is 6.97. The molecule has 0 bridgehead atoms. The van der Waals surface area contributed by atoms with E-state index in [2.05, 4.69) is 21.8 Å². The average Bonchev–Trinajstić information content (AvgIpc) is 2.78. The number of rotatable bonds is 6. The molecule has 0 spiro atoms. The molecule has 17 heavy (non-hydrogen) atoms. The van der Waals surface area contributed by atoms with Gasteiger partial charge in [0.25, 0.3) is 0 Å². The molecule has 1 aliphatic rings. The molecule has 4 nitrogen and oxygen atoms in total. The van der Waals surface area contributed by atoms with Crippen LogP contribution in [-0.4, -0.2) is 36.4 Å². The second kappa shape index (κ2) is 6.17. The van der Waals surface area contributed by atoms with E-state index in [0.29, 0.717) is 6.04 Å². The number of nitrogens with one attached hydrogen (secondary N) is 1. The van der Waals surface area contributed by atoms with E-state index in [0.717, 1.165) is 26.1 Å². The van der Waals surface area contributed by atoms with Gasteiger partial charge < -0.3 is 14.6 Å². The monoisotopic (exact) mass is 237 g/mol. The van der Waals surface area contributed by atoms with Gasteiger partial charge >= 0.3 is 0 Å². The van der Waals surface area contributed by atoms with Gasteiger partial charge in [-0.25, -0.2) is 4.98 Å². The highest BCUT2D eigenvalue weighted by molar-refractivity contribution is 5.17. The predicted molar refractivity (Wildman–Crippen MR) is 68.3 cm³/mol. The summed E-state index contributed by atoms with van der Waals surface area (Å²) in [5.74, 6) is 0. The van der Waals surface area contributed by atoms with E-state index < -0.39 is 0 Å². The Morgan fingerprint density at radius 3 is 3.12 bits per heavy atom. The Kier molecular flexibility index (Phi) is 4.57. The Hall–Kier alpha value is -0.870. The molecule has 1 aromatic heterocycles. The number of nitrogens with zero attached hydrogens (tertiary/aromatic N) is 2. The molecule has 96 valence electrons. The first kappa shape index (κ1) is 12.6. The van der Waals surface area contributed by atoms with Gasteiger partial charge in [-0.2, -0.15) is 0 Å². The number of aryl methyl sites for hydroxylation is 1. The first-order valence-electron chi connectivity index (χ1n) is 6.57. The van der Waals surface area contributed by atoms with Gasteiger partial charge in [0, 0.05) is 31.9 Å². The molecule has 1 N–H and O–H groups in total. The smallest absolute Gasteiger partial charge is 0.0954 e. The van der Waals surface area contributed by atoms with E-state index in [9.17, 15) is 0 Å². The maximum absolute atomic E-state index is 5.02. The third-order valence-electron chi connectivity index (χ3n) is 3.46. The minimum atomic E-state index is 0.473. The Bertz CT molecular complexity index is 348. The van der Waals surface area contributed by atoms with Gasteiger partial charge in [-0.15, -0.1) is 0 Å².